The molecule has 0 aliphatic carbocycles. The average Bonchev–Trinajstić information content (AvgIpc) is 3.13. The molecule has 0 saturated heterocycles. The molecule has 2 aromatic carbocycles. The van der Waals surface area contributed by atoms with Crippen LogP contribution in [0.2, 0.25) is 5.02 Å². The molecule has 0 bridgehead atoms. The number of amides is 1. The van der Waals surface area contributed by atoms with Crippen LogP contribution in [0, 0.1) is 0 Å². The molecule has 0 spiro atoms. The maximum atomic E-state index is 12.8. The fourth-order valence-electron chi connectivity index (χ4n) is 3.09. The van der Waals surface area contributed by atoms with E-state index in [4.69, 9.17) is 30.5 Å². The highest BCUT2D eigenvalue weighted by atomic mass is 35.5. The number of carbonyl (C=O) groups is 2. The molecule has 178 valence electrons. The number of thioether (sulfide) groups is 1. The van der Waals surface area contributed by atoms with E-state index in [1.807, 2.05) is 0 Å². The maximum absolute atomic E-state index is 12.8. The van der Waals surface area contributed by atoms with Gasteiger partial charge in [0.2, 0.25) is 0 Å². The van der Waals surface area contributed by atoms with Crippen molar-refractivity contribution in [3.05, 3.63) is 68.8 Å². The Balaban J connectivity index is 2.10. The highest BCUT2D eigenvalue weighted by Gasteiger charge is 2.34. The first-order valence-corrected chi connectivity index (χ1v) is 11.2. The van der Waals surface area contributed by atoms with Crippen molar-refractivity contribution in [1.82, 2.24) is 0 Å². The molecule has 0 saturated carbocycles. The van der Waals surface area contributed by atoms with Gasteiger partial charge in [0.25, 0.3) is 5.91 Å². The second-order valence-corrected chi connectivity index (χ2v) is 8.14. The lowest BCUT2D eigenvalue weighted by Gasteiger charge is -2.12. The summed E-state index contributed by atoms with van der Waals surface area (Å²) >= 11 is 7.05. The number of methoxy groups -OCH3 is 3. The Morgan fingerprint density at radius 1 is 1.06 bits per heavy atom. The molecule has 1 N–H and O–H groups in total. The molecule has 1 aliphatic rings. The largest absolute Gasteiger partial charge is 0.506 e. The molecule has 0 aromatic heterocycles. The number of hydrogen-bond donors (Lipinski definition) is 1. The summed E-state index contributed by atoms with van der Waals surface area (Å²) in [6.07, 6.45) is 1.59. The van der Waals surface area contributed by atoms with E-state index in [0.717, 1.165) is 11.8 Å². The van der Waals surface area contributed by atoms with Crippen molar-refractivity contribution in [2.75, 3.05) is 27.9 Å². The van der Waals surface area contributed by atoms with Crippen molar-refractivity contribution >= 4 is 46.4 Å². The molecule has 0 fully saturated rings. The molecule has 1 aliphatic heterocycles. The van der Waals surface area contributed by atoms with E-state index in [-0.39, 0.29) is 38.5 Å². The Bertz CT molecular complexity index is 1220. The van der Waals surface area contributed by atoms with Gasteiger partial charge >= 0.3 is 5.97 Å². The van der Waals surface area contributed by atoms with Crippen LogP contribution in [0.25, 0.3) is 6.08 Å². The zero-order valence-electron chi connectivity index (χ0n) is 18.9. The topological polar surface area (TPSA) is 104 Å². The van der Waals surface area contributed by atoms with E-state index in [1.54, 1.807) is 43.3 Å². The Labute approximate surface area is 205 Å². The molecule has 2 aromatic rings. The van der Waals surface area contributed by atoms with Gasteiger partial charge in [-0.05, 0) is 31.2 Å². The average molecular weight is 504 g/mol. The number of aliphatic imine (C=N–C) groups is 1. The fourth-order valence-corrected chi connectivity index (χ4v) is 4.31. The van der Waals surface area contributed by atoms with Crippen LogP contribution in [0.4, 0.5) is 0 Å². The zero-order chi connectivity index (χ0) is 24.8. The van der Waals surface area contributed by atoms with Crippen molar-refractivity contribution in [1.29, 1.82) is 0 Å². The summed E-state index contributed by atoms with van der Waals surface area (Å²) in [6.45, 7) is 1.71. The number of nitrogens with zero attached hydrogens (tertiary/aromatic N) is 1. The molecular formula is C24H22ClNO7S. The molecule has 1 heterocycles. The van der Waals surface area contributed by atoms with Gasteiger partial charge in [0, 0.05) is 11.6 Å². The number of rotatable bonds is 7. The first-order chi connectivity index (χ1) is 16.3. The van der Waals surface area contributed by atoms with Crippen LogP contribution < -0.4 is 14.2 Å². The number of benzene rings is 2. The Kier molecular flexibility index (Phi) is 8.25. The minimum atomic E-state index is -0.805. The summed E-state index contributed by atoms with van der Waals surface area (Å²) in [5.41, 5.74) is 0.494. The molecule has 3 rings (SSSR count). The lowest BCUT2D eigenvalue weighted by atomic mass is 10.1. The van der Waals surface area contributed by atoms with Gasteiger partial charge in [0.1, 0.15) is 22.1 Å². The SMILES string of the molecule is CCOC(=O)C1=C(O)/C(=C/c2cc(OC)c(OC)cc2OC)SC1=NC(=O)c1ccccc1Cl. The highest BCUT2D eigenvalue weighted by Crippen LogP contribution is 2.42. The van der Waals surface area contributed by atoms with Gasteiger partial charge < -0.3 is 24.1 Å². The summed E-state index contributed by atoms with van der Waals surface area (Å²) in [7, 11) is 4.48. The van der Waals surface area contributed by atoms with Gasteiger partial charge in [-0.3, -0.25) is 4.79 Å². The molecule has 0 radical (unpaired) electrons. The minimum Gasteiger partial charge on any atom is -0.506 e. The summed E-state index contributed by atoms with van der Waals surface area (Å²) in [4.78, 5) is 29.7. The normalized spacial score (nSPS) is 15.6. The number of carbonyl (C=O) groups excluding carboxylic acids is 2. The van der Waals surface area contributed by atoms with Gasteiger partial charge in [-0.25, -0.2) is 9.79 Å². The van der Waals surface area contributed by atoms with Gasteiger partial charge in [-0.15, -0.1) is 0 Å². The lowest BCUT2D eigenvalue weighted by molar-refractivity contribution is -0.138. The van der Waals surface area contributed by atoms with Crippen LogP contribution >= 0.6 is 23.4 Å². The van der Waals surface area contributed by atoms with Gasteiger partial charge in [-0.2, -0.15) is 0 Å². The van der Waals surface area contributed by atoms with E-state index >= 15 is 0 Å². The zero-order valence-corrected chi connectivity index (χ0v) is 20.5. The third kappa shape index (κ3) is 5.21. The number of aliphatic hydroxyl groups excluding tert-OH is 1. The molecule has 0 atom stereocenters. The standard InChI is InChI=1S/C24H22ClNO7S/c1-5-33-24(29)20-21(27)19(11-13-10-17(31-3)18(32-4)12-16(13)30-2)34-23(20)26-22(28)14-8-6-7-9-15(14)25/h6-12,27H,5H2,1-4H3/b19-11-,26-23?. The smallest absolute Gasteiger partial charge is 0.344 e. The minimum absolute atomic E-state index is 0.00781. The number of hydrogen-bond acceptors (Lipinski definition) is 8. The van der Waals surface area contributed by atoms with Gasteiger partial charge in [-0.1, -0.05) is 35.5 Å². The third-order valence-corrected chi connectivity index (χ3v) is 6.05. The van der Waals surface area contributed by atoms with E-state index in [2.05, 4.69) is 4.99 Å². The molecule has 8 nitrogen and oxygen atoms in total. The fraction of sp³-hybridized carbons (Fsp3) is 0.208. The number of ether oxygens (including phenoxy) is 4. The maximum Gasteiger partial charge on any atom is 0.344 e. The summed E-state index contributed by atoms with van der Waals surface area (Å²) in [5, 5.41) is 11.1. The van der Waals surface area contributed by atoms with Crippen LogP contribution in [0.15, 0.2) is 57.6 Å². The van der Waals surface area contributed by atoms with Crippen molar-refractivity contribution in [3.8, 4) is 17.2 Å². The second-order valence-electron chi connectivity index (χ2n) is 6.71. The highest BCUT2D eigenvalue weighted by molar-refractivity contribution is 8.18. The van der Waals surface area contributed by atoms with E-state index in [9.17, 15) is 14.7 Å². The van der Waals surface area contributed by atoms with E-state index in [0.29, 0.717) is 22.8 Å². The van der Waals surface area contributed by atoms with Gasteiger partial charge in [0.05, 0.1) is 43.4 Å². The van der Waals surface area contributed by atoms with Crippen molar-refractivity contribution in [3.63, 3.8) is 0 Å². The van der Waals surface area contributed by atoms with Crippen molar-refractivity contribution < 1.29 is 33.6 Å². The van der Waals surface area contributed by atoms with Crippen LogP contribution in [0.5, 0.6) is 17.2 Å². The summed E-state index contributed by atoms with van der Waals surface area (Å²) in [6, 6.07) is 9.71. The number of esters is 1. The molecule has 1 amide bonds. The number of halogens is 1. The Morgan fingerprint density at radius 3 is 2.32 bits per heavy atom. The Morgan fingerprint density at radius 2 is 1.71 bits per heavy atom. The predicted molar refractivity (Wildman–Crippen MR) is 131 cm³/mol. The van der Waals surface area contributed by atoms with Crippen molar-refractivity contribution in [2.45, 2.75) is 6.92 Å². The quantitative estimate of drug-likeness (QED) is 0.522. The van der Waals surface area contributed by atoms with Crippen LogP contribution in [-0.2, 0) is 9.53 Å². The second kappa shape index (κ2) is 11.1. The van der Waals surface area contributed by atoms with Gasteiger partial charge in [0.15, 0.2) is 11.5 Å². The first kappa shape index (κ1) is 25.2. The monoisotopic (exact) mass is 503 g/mol. The van der Waals surface area contributed by atoms with E-state index in [1.165, 1.54) is 27.4 Å². The Hall–Kier alpha value is -3.43. The third-order valence-electron chi connectivity index (χ3n) is 4.70. The molecule has 34 heavy (non-hydrogen) atoms. The van der Waals surface area contributed by atoms with Crippen LogP contribution in [0.1, 0.15) is 22.8 Å². The first-order valence-electron chi connectivity index (χ1n) is 10.0. The molecule has 0 unspecified atom stereocenters. The molecular weight excluding hydrogens is 482 g/mol. The summed E-state index contributed by atoms with van der Waals surface area (Å²) < 4.78 is 21.1. The summed E-state index contributed by atoms with van der Waals surface area (Å²) in [5.74, 6) is -0.497. The predicted octanol–water partition coefficient (Wildman–Crippen LogP) is 5.07. The lowest BCUT2D eigenvalue weighted by Crippen LogP contribution is -2.14. The van der Waals surface area contributed by atoms with Crippen LogP contribution in [-0.4, -0.2) is 50.0 Å². The molecule has 10 heteroatoms. The van der Waals surface area contributed by atoms with E-state index < -0.39 is 11.9 Å². The number of aliphatic hydroxyl groups is 1. The van der Waals surface area contributed by atoms with Crippen LogP contribution in [0.3, 0.4) is 0 Å². The van der Waals surface area contributed by atoms with Crippen molar-refractivity contribution in [2.24, 2.45) is 4.99 Å².